The van der Waals surface area contributed by atoms with Crippen LogP contribution in [-0.4, -0.2) is 54.5 Å². The van der Waals surface area contributed by atoms with Gasteiger partial charge >= 0.3 is 12.1 Å². The van der Waals surface area contributed by atoms with Crippen molar-refractivity contribution in [3.8, 4) is 5.75 Å². The van der Waals surface area contributed by atoms with E-state index in [2.05, 4.69) is 0 Å². The lowest BCUT2D eigenvalue weighted by Gasteiger charge is -2.39. The van der Waals surface area contributed by atoms with E-state index in [1.165, 1.54) is 0 Å². The summed E-state index contributed by atoms with van der Waals surface area (Å²) in [4.78, 5) is 26.9. The van der Waals surface area contributed by atoms with Gasteiger partial charge in [-0.25, -0.2) is 0 Å². The Morgan fingerprint density at radius 3 is 2.41 bits per heavy atom. The van der Waals surface area contributed by atoms with Crippen LogP contribution in [-0.2, 0) is 16.0 Å². The Hall–Kier alpha value is -2.25. The number of methoxy groups -OCH3 is 1. The van der Waals surface area contributed by atoms with Gasteiger partial charge in [0.25, 0.3) is 0 Å². The number of rotatable bonds is 2. The zero-order valence-corrected chi connectivity index (χ0v) is 15.4. The summed E-state index contributed by atoms with van der Waals surface area (Å²) in [6.07, 6.45) is -3.62. The molecular formula is C19H23F3N2O3. The Morgan fingerprint density at radius 1 is 1.15 bits per heavy atom. The maximum absolute atomic E-state index is 12.9. The lowest BCUT2D eigenvalue weighted by atomic mass is 9.89. The summed E-state index contributed by atoms with van der Waals surface area (Å²) in [5, 5.41) is 0. The van der Waals surface area contributed by atoms with E-state index in [9.17, 15) is 22.8 Å². The second-order valence-electron chi connectivity index (χ2n) is 7.09. The summed E-state index contributed by atoms with van der Waals surface area (Å²) in [7, 11) is 1.61. The molecule has 2 aliphatic heterocycles. The first-order valence-electron chi connectivity index (χ1n) is 9.05. The summed E-state index contributed by atoms with van der Waals surface area (Å²) < 4.78 is 42.9. The van der Waals surface area contributed by atoms with E-state index >= 15 is 0 Å². The smallest absolute Gasteiger partial charge is 0.471 e. The van der Waals surface area contributed by atoms with Crippen LogP contribution in [0.1, 0.15) is 36.9 Å². The fourth-order valence-electron chi connectivity index (χ4n) is 3.98. The average Bonchev–Trinajstić information content (AvgIpc) is 2.66. The van der Waals surface area contributed by atoms with Crippen LogP contribution in [0.25, 0.3) is 0 Å². The first kappa shape index (κ1) is 19.5. The molecule has 5 nitrogen and oxygen atoms in total. The number of ether oxygens (including phenoxy) is 1. The molecule has 1 saturated heterocycles. The standard InChI is InChI=1S/C19H23F3N2O3/c1-12-16-4-3-15(27-2)11-14(16)7-10-24(12)17(25)13-5-8-23(9-6-13)18(26)19(20,21)22/h3-4,11-13H,5-10H2,1-2H3. The molecule has 0 radical (unpaired) electrons. The Morgan fingerprint density at radius 2 is 1.81 bits per heavy atom. The van der Waals surface area contributed by atoms with E-state index in [0.29, 0.717) is 13.0 Å². The highest BCUT2D eigenvalue weighted by atomic mass is 19.4. The first-order chi connectivity index (χ1) is 12.7. The minimum Gasteiger partial charge on any atom is -0.497 e. The van der Waals surface area contributed by atoms with Gasteiger partial charge < -0.3 is 14.5 Å². The minimum absolute atomic E-state index is 0.0369. The van der Waals surface area contributed by atoms with Gasteiger partial charge in [-0.1, -0.05) is 6.07 Å². The van der Waals surface area contributed by atoms with Crippen molar-refractivity contribution >= 4 is 11.8 Å². The quantitative estimate of drug-likeness (QED) is 0.788. The van der Waals surface area contributed by atoms with Crippen molar-refractivity contribution in [1.82, 2.24) is 9.80 Å². The number of hydrogen-bond acceptors (Lipinski definition) is 3. The Balaban J connectivity index is 1.64. The third-order valence-corrected chi connectivity index (χ3v) is 5.55. The highest BCUT2D eigenvalue weighted by molar-refractivity contribution is 5.83. The molecule has 0 aromatic heterocycles. The molecule has 1 unspecified atom stereocenters. The van der Waals surface area contributed by atoms with Gasteiger partial charge in [0.1, 0.15) is 5.75 Å². The molecule has 8 heteroatoms. The van der Waals surface area contributed by atoms with Crippen LogP contribution in [0.5, 0.6) is 5.75 Å². The van der Waals surface area contributed by atoms with Crippen molar-refractivity contribution in [1.29, 1.82) is 0 Å². The number of fused-ring (bicyclic) bond motifs is 1. The Bertz CT molecular complexity index is 727. The van der Waals surface area contributed by atoms with Crippen LogP contribution in [0, 0.1) is 5.92 Å². The minimum atomic E-state index is -4.86. The second kappa shape index (κ2) is 7.40. The normalized spacial score (nSPS) is 21.0. The average molecular weight is 384 g/mol. The van der Waals surface area contributed by atoms with Gasteiger partial charge in [-0.05, 0) is 49.4 Å². The molecule has 2 amide bonds. The van der Waals surface area contributed by atoms with Crippen LogP contribution >= 0.6 is 0 Å². The van der Waals surface area contributed by atoms with E-state index in [4.69, 9.17) is 4.74 Å². The van der Waals surface area contributed by atoms with Crippen LogP contribution in [0.3, 0.4) is 0 Å². The second-order valence-corrected chi connectivity index (χ2v) is 7.09. The highest BCUT2D eigenvalue weighted by Crippen LogP contribution is 2.34. The van der Waals surface area contributed by atoms with Crippen LogP contribution < -0.4 is 4.74 Å². The molecule has 0 bridgehead atoms. The lowest BCUT2D eigenvalue weighted by Crippen LogP contribution is -2.49. The van der Waals surface area contributed by atoms with Crippen molar-refractivity contribution in [2.45, 2.75) is 38.4 Å². The topological polar surface area (TPSA) is 49.9 Å². The molecule has 1 fully saturated rings. The monoisotopic (exact) mass is 384 g/mol. The highest BCUT2D eigenvalue weighted by Gasteiger charge is 2.44. The molecule has 27 heavy (non-hydrogen) atoms. The molecular weight excluding hydrogens is 361 g/mol. The number of nitrogens with zero attached hydrogens (tertiary/aromatic N) is 2. The maximum atomic E-state index is 12.9. The number of halogens is 3. The van der Waals surface area contributed by atoms with Gasteiger partial charge in [0.15, 0.2) is 0 Å². The van der Waals surface area contributed by atoms with Crippen LogP contribution in [0.15, 0.2) is 18.2 Å². The van der Waals surface area contributed by atoms with E-state index in [-0.39, 0.29) is 43.8 Å². The zero-order chi connectivity index (χ0) is 19.8. The van der Waals surface area contributed by atoms with Gasteiger partial charge in [0, 0.05) is 25.6 Å². The Kier molecular flexibility index (Phi) is 5.35. The van der Waals surface area contributed by atoms with Crippen LogP contribution in [0.4, 0.5) is 13.2 Å². The molecule has 0 spiro atoms. The molecule has 2 heterocycles. The third-order valence-electron chi connectivity index (χ3n) is 5.55. The summed E-state index contributed by atoms with van der Waals surface area (Å²) in [5.74, 6) is -1.42. The summed E-state index contributed by atoms with van der Waals surface area (Å²) >= 11 is 0. The number of carbonyl (C=O) groups excluding carboxylic acids is 2. The Labute approximate surface area is 156 Å². The predicted octanol–water partition coefficient (Wildman–Crippen LogP) is 2.94. The van der Waals surface area contributed by atoms with Gasteiger partial charge in [-0.3, -0.25) is 9.59 Å². The van der Waals surface area contributed by atoms with E-state index in [1.54, 1.807) is 12.0 Å². The van der Waals surface area contributed by atoms with E-state index in [0.717, 1.165) is 21.8 Å². The summed E-state index contributed by atoms with van der Waals surface area (Å²) in [6.45, 7) is 2.46. The molecule has 0 N–H and O–H groups in total. The SMILES string of the molecule is COc1ccc2c(c1)CCN(C(=O)C1CCN(C(=O)C(F)(F)F)CC1)C2C. The molecule has 1 atom stereocenters. The van der Waals surface area contributed by atoms with Crippen LogP contribution in [0.2, 0.25) is 0 Å². The van der Waals surface area contributed by atoms with Crippen molar-refractivity contribution in [2.24, 2.45) is 5.92 Å². The van der Waals surface area contributed by atoms with Gasteiger partial charge in [0.2, 0.25) is 5.91 Å². The predicted molar refractivity (Wildman–Crippen MR) is 92.2 cm³/mol. The fraction of sp³-hybridized carbons (Fsp3) is 0.579. The number of likely N-dealkylation sites (tertiary alicyclic amines) is 1. The zero-order valence-electron chi connectivity index (χ0n) is 15.4. The van der Waals surface area contributed by atoms with E-state index < -0.39 is 12.1 Å². The molecule has 3 rings (SSSR count). The number of carbonyl (C=O) groups is 2. The number of amides is 2. The summed E-state index contributed by atoms with van der Waals surface area (Å²) in [5.41, 5.74) is 2.22. The third kappa shape index (κ3) is 3.89. The van der Waals surface area contributed by atoms with E-state index in [1.807, 2.05) is 25.1 Å². The molecule has 1 aromatic rings. The maximum Gasteiger partial charge on any atom is 0.471 e. The number of hydrogen-bond donors (Lipinski definition) is 0. The molecule has 0 aliphatic carbocycles. The molecule has 148 valence electrons. The van der Waals surface area contributed by atoms with Crippen molar-refractivity contribution < 1.29 is 27.5 Å². The largest absolute Gasteiger partial charge is 0.497 e. The molecule has 2 aliphatic rings. The summed E-state index contributed by atoms with van der Waals surface area (Å²) in [6, 6.07) is 5.71. The lowest BCUT2D eigenvalue weighted by molar-refractivity contribution is -0.187. The molecule has 0 saturated carbocycles. The number of benzene rings is 1. The number of piperidine rings is 1. The van der Waals surface area contributed by atoms with Crippen molar-refractivity contribution in [2.75, 3.05) is 26.7 Å². The molecule has 1 aromatic carbocycles. The number of alkyl halides is 3. The fourth-order valence-corrected chi connectivity index (χ4v) is 3.98. The van der Waals surface area contributed by atoms with Gasteiger partial charge in [-0.15, -0.1) is 0 Å². The van der Waals surface area contributed by atoms with Gasteiger partial charge in [0.05, 0.1) is 13.2 Å². The van der Waals surface area contributed by atoms with Crippen molar-refractivity contribution in [3.05, 3.63) is 29.3 Å². The van der Waals surface area contributed by atoms with Crippen molar-refractivity contribution in [3.63, 3.8) is 0 Å². The van der Waals surface area contributed by atoms with Gasteiger partial charge in [-0.2, -0.15) is 13.2 Å². The first-order valence-corrected chi connectivity index (χ1v) is 9.05.